The number of aryl methyl sites for hydroxylation is 1. The fraction of sp³-hybridized carbons (Fsp3) is 0.286. The summed E-state index contributed by atoms with van der Waals surface area (Å²) in [5.74, 6) is 0.816. The number of nitrogens with one attached hydrogen (secondary N) is 3. The molecule has 0 aliphatic rings. The predicted molar refractivity (Wildman–Crippen MR) is 126 cm³/mol. The van der Waals surface area contributed by atoms with E-state index in [0.717, 1.165) is 5.30 Å². The van der Waals surface area contributed by atoms with Crippen LogP contribution in [-0.4, -0.2) is 43.0 Å². The summed E-state index contributed by atoms with van der Waals surface area (Å²) >= 11 is 0. The summed E-state index contributed by atoms with van der Waals surface area (Å²) in [5, 5.41) is 21.0. The van der Waals surface area contributed by atoms with Crippen molar-refractivity contribution in [3.63, 3.8) is 0 Å². The molecule has 11 heteroatoms. The number of imidazole rings is 1. The highest BCUT2D eigenvalue weighted by atomic mass is 31.2. The molecule has 0 atom stereocenters. The van der Waals surface area contributed by atoms with E-state index in [-0.39, 0.29) is 0 Å². The number of anilines is 4. The Morgan fingerprint density at radius 3 is 2.62 bits per heavy atom. The molecule has 0 spiro atoms. The molecule has 0 aliphatic heterocycles. The van der Waals surface area contributed by atoms with E-state index in [4.69, 9.17) is 0 Å². The number of aromatic amines is 1. The number of hydrogen-bond acceptors (Lipinski definition) is 8. The van der Waals surface area contributed by atoms with Crippen molar-refractivity contribution in [3.05, 3.63) is 42.5 Å². The lowest BCUT2D eigenvalue weighted by Crippen LogP contribution is -2.24. The summed E-state index contributed by atoms with van der Waals surface area (Å²) in [7, 11) is -2.51. The molecule has 3 aromatic heterocycles. The van der Waals surface area contributed by atoms with Gasteiger partial charge in [-0.15, -0.1) is 0 Å². The van der Waals surface area contributed by atoms with Crippen LogP contribution in [0.4, 0.5) is 23.1 Å². The van der Waals surface area contributed by atoms with Gasteiger partial charge in [0.2, 0.25) is 5.95 Å². The Bertz CT molecular complexity index is 1390. The highest BCUT2D eigenvalue weighted by molar-refractivity contribution is 7.70. The van der Waals surface area contributed by atoms with Crippen LogP contribution in [-0.2, 0) is 10.1 Å². The van der Waals surface area contributed by atoms with Gasteiger partial charge in [-0.05, 0) is 46.2 Å². The lowest BCUT2D eigenvalue weighted by molar-refractivity contribution is 0.416. The van der Waals surface area contributed by atoms with E-state index >= 15 is 0 Å². The molecule has 3 N–H and O–H groups in total. The maximum absolute atomic E-state index is 12.8. The Labute approximate surface area is 185 Å². The van der Waals surface area contributed by atoms with E-state index in [2.05, 4.69) is 41.7 Å². The smallest absolute Gasteiger partial charge is 0.231 e. The van der Waals surface area contributed by atoms with E-state index < -0.39 is 12.7 Å². The number of nitriles is 1. The first kappa shape index (κ1) is 21.5. The van der Waals surface area contributed by atoms with E-state index in [0.29, 0.717) is 40.0 Å². The first-order chi connectivity index (χ1) is 15.1. The second-order valence-electron chi connectivity index (χ2n) is 8.36. The van der Waals surface area contributed by atoms with Crippen molar-refractivity contribution < 1.29 is 4.57 Å². The summed E-state index contributed by atoms with van der Waals surface area (Å²) in [6.45, 7) is 8.88. The molecule has 3 heterocycles. The Balaban J connectivity index is 1.73. The molecule has 0 unspecified atom stereocenters. The summed E-state index contributed by atoms with van der Waals surface area (Å²) in [4.78, 5) is 16.4. The van der Waals surface area contributed by atoms with Gasteiger partial charge in [0.25, 0.3) is 0 Å². The maximum atomic E-state index is 12.8. The van der Waals surface area contributed by atoms with Crippen molar-refractivity contribution in [3.8, 4) is 6.07 Å². The van der Waals surface area contributed by atoms with Gasteiger partial charge >= 0.3 is 0 Å². The number of hydrogen-bond donors (Lipinski definition) is 3. The van der Waals surface area contributed by atoms with Gasteiger partial charge in [-0.2, -0.15) is 20.3 Å². The van der Waals surface area contributed by atoms with Crippen LogP contribution in [0.1, 0.15) is 19.5 Å². The van der Waals surface area contributed by atoms with Crippen LogP contribution in [0.15, 0.2) is 36.8 Å². The van der Waals surface area contributed by atoms with E-state index in [1.54, 1.807) is 44.4 Å². The zero-order valence-electron chi connectivity index (χ0n) is 18.5. The van der Waals surface area contributed by atoms with E-state index in [1.807, 2.05) is 31.2 Å². The third-order valence-electron chi connectivity index (χ3n) is 5.01. The SMILES string of the molecule is Cc1nn(C(C)(C)C#N)cc1Nc1nc(Nc2ccccc2P(C)(C)=O)c2[nH]cnc2n1. The molecule has 0 amide bonds. The van der Waals surface area contributed by atoms with Crippen LogP contribution >= 0.6 is 7.14 Å². The average molecular weight is 449 g/mol. The third-order valence-corrected chi connectivity index (χ3v) is 6.56. The molecule has 4 aromatic rings. The fourth-order valence-electron chi connectivity index (χ4n) is 3.20. The standard InChI is InChI=1S/C21H24N9OP/c1-13-15(10-30(29-13)21(2,3)11-22)26-20-27-18-17(23-12-24-18)19(28-20)25-14-8-6-7-9-16(14)32(4,5)31/h6-10,12H,1-5H3,(H3,23,24,25,26,27,28). The van der Waals surface area contributed by atoms with Gasteiger partial charge in [-0.25, -0.2) is 4.98 Å². The number of fused-ring (bicyclic) bond motifs is 1. The van der Waals surface area contributed by atoms with Crippen molar-refractivity contribution in [1.82, 2.24) is 29.7 Å². The number of benzene rings is 1. The summed E-state index contributed by atoms with van der Waals surface area (Å²) in [5.41, 5.74) is 2.41. The molecule has 0 saturated heterocycles. The molecule has 0 saturated carbocycles. The fourth-order valence-corrected chi connectivity index (χ4v) is 4.35. The predicted octanol–water partition coefficient (Wildman–Crippen LogP) is 3.85. The first-order valence-electron chi connectivity index (χ1n) is 9.96. The molecular formula is C21H24N9OP. The van der Waals surface area contributed by atoms with Crippen LogP contribution < -0.4 is 15.9 Å². The second-order valence-corrected chi connectivity index (χ2v) is 11.5. The first-order valence-corrected chi connectivity index (χ1v) is 12.6. The second kappa shape index (κ2) is 7.77. The number of para-hydroxylation sites is 1. The van der Waals surface area contributed by atoms with E-state index in [9.17, 15) is 9.83 Å². The topological polar surface area (TPSA) is 137 Å². The normalized spacial score (nSPS) is 12.0. The van der Waals surface area contributed by atoms with Gasteiger partial charge in [-0.3, -0.25) is 4.68 Å². The number of nitrogens with zero attached hydrogens (tertiary/aromatic N) is 6. The van der Waals surface area contributed by atoms with Crippen LogP contribution in [0, 0.1) is 18.3 Å². The van der Waals surface area contributed by atoms with Crippen molar-refractivity contribution in [2.75, 3.05) is 24.0 Å². The van der Waals surface area contributed by atoms with Gasteiger partial charge in [0, 0.05) is 5.30 Å². The Kier molecular flexibility index (Phi) is 5.23. The van der Waals surface area contributed by atoms with Gasteiger partial charge < -0.3 is 20.2 Å². The molecular weight excluding hydrogens is 425 g/mol. The number of rotatable bonds is 6. The maximum Gasteiger partial charge on any atom is 0.231 e. The lowest BCUT2D eigenvalue weighted by atomic mass is 10.1. The lowest BCUT2D eigenvalue weighted by Gasteiger charge is -2.15. The minimum Gasteiger partial charge on any atom is -0.340 e. The average Bonchev–Trinajstić information content (AvgIpc) is 3.35. The Hall–Kier alpha value is -3.70. The van der Waals surface area contributed by atoms with E-state index in [1.165, 1.54) is 0 Å². The molecule has 1 aromatic carbocycles. The molecule has 10 nitrogen and oxygen atoms in total. The van der Waals surface area contributed by atoms with Crippen molar-refractivity contribution in [1.29, 1.82) is 5.26 Å². The van der Waals surface area contributed by atoms with Crippen LogP contribution in [0.5, 0.6) is 0 Å². The van der Waals surface area contributed by atoms with Crippen molar-refractivity contribution >= 4 is 46.8 Å². The number of aromatic nitrogens is 6. The molecule has 0 fully saturated rings. The van der Waals surface area contributed by atoms with Gasteiger partial charge in [0.15, 0.2) is 11.5 Å². The minimum absolute atomic E-state index is 0.318. The minimum atomic E-state index is -2.51. The molecule has 0 bridgehead atoms. The summed E-state index contributed by atoms with van der Waals surface area (Å²) in [6, 6.07) is 9.68. The van der Waals surface area contributed by atoms with Crippen LogP contribution in [0.3, 0.4) is 0 Å². The molecule has 32 heavy (non-hydrogen) atoms. The summed E-state index contributed by atoms with van der Waals surface area (Å²) < 4.78 is 14.4. The van der Waals surface area contributed by atoms with Gasteiger partial charge in [-0.1, -0.05) is 12.1 Å². The number of H-pyrrole nitrogens is 1. The van der Waals surface area contributed by atoms with Crippen LogP contribution in [0.25, 0.3) is 11.2 Å². The quantitative estimate of drug-likeness (QED) is 0.378. The van der Waals surface area contributed by atoms with Crippen molar-refractivity contribution in [2.24, 2.45) is 0 Å². The summed E-state index contributed by atoms with van der Waals surface area (Å²) in [6.07, 6.45) is 3.30. The highest BCUT2D eigenvalue weighted by Gasteiger charge is 2.22. The Morgan fingerprint density at radius 2 is 1.91 bits per heavy atom. The largest absolute Gasteiger partial charge is 0.340 e. The van der Waals surface area contributed by atoms with Crippen LogP contribution in [0.2, 0.25) is 0 Å². The molecule has 164 valence electrons. The monoisotopic (exact) mass is 449 g/mol. The Morgan fingerprint density at radius 1 is 1.16 bits per heavy atom. The highest BCUT2D eigenvalue weighted by Crippen LogP contribution is 2.38. The van der Waals surface area contributed by atoms with Gasteiger partial charge in [0.05, 0.1) is 35.7 Å². The molecule has 4 rings (SSSR count). The zero-order chi connectivity index (χ0) is 23.1. The third kappa shape index (κ3) is 4.07. The zero-order valence-corrected chi connectivity index (χ0v) is 19.4. The molecule has 0 aliphatic carbocycles. The molecule has 0 radical (unpaired) electrons. The van der Waals surface area contributed by atoms with Gasteiger partial charge in [0.1, 0.15) is 18.2 Å². The van der Waals surface area contributed by atoms with Crippen molar-refractivity contribution in [2.45, 2.75) is 26.3 Å².